The summed E-state index contributed by atoms with van der Waals surface area (Å²) < 4.78 is 6.83. The number of halogens is 1. The fourth-order valence-corrected chi connectivity index (χ4v) is 2.44. The van der Waals surface area contributed by atoms with E-state index in [1.807, 2.05) is 0 Å². The molecule has 2 rings (SSSR count). The zero-order chi connectivity index (χ0) is 11.0. The molecule has 0 radical (unpaired) electrons. The van der Waals surface area contributed by atoms with Crippen molar-refractivity contribution < 1.29 is 4.74 Å². The SMILES string of the molecule is CC(C)c1cc(Br)cc2c1OCC[C@H]2N. The third-order valence-electron chi connectivity index (χ3n) is 2.81. The van der Waals surface area contributed by atoms with Crippen LogP contribution in [-0.2, 0) is 0 Å². The minimum atomic E-state index is 0.115. The Kier molecular flexibility index (Phi) is 3.03. The normalized spacial score (nSPS) is 19.9. The minimum Gasteiger partial charge on any atom is -0.493 e. The van der Waals surface area contributed by atoms with E-state index >= 15 is 0 Å². The van der Waals surface area contributed by atoms with E-state index in [1.165, 1.54) is 5.56 Å². The van der Waals surface area contributed by atoms with Crippen LogP contribution in [0.4, 0.5) is 0 Å². The Bertz CT molecular complexity index is 359. The lowest BCUT2D eigenvalue weighted by Crippen LogP contribution is -2.21. The van der Waals surface area contributed by atoms with Gasteiger partial charge in [0.1, 0.15) is 5.75 Å². The molecule has 0 amide bonds. The second-order valence-corrected chi connectivity index (χ2v) is 5.23. The Hall–Kier alpha value is -0.540. The van der Waals surface area contributed by atoms with E-state index in [0.717, 1.165) is 28.8 Å². The second kappa shape index (κ2) is 4.14. The summed E-state index contributed by atoms with van der Waals surface area (Å²) in [6.07, 6.45) is 0.904. The van der Waals surface area contributed by atoms with Gasteiger partial charge in [0, 0.05) is 22.5 Å². The molecular weight excluding hydrogens is 254 g/mol. The lowest BCUT2D eigenvalue weighted by Gasteiger charge is -2.26. The van der Waals surface area contributed by atoms with E-state index in [4.69, 9.17) is 10.5 Å². The van der Waals surface area contributed by atoms with Crippen molar-refractivity contribution in [2.45, 2.75) is 32.2 Å². The summed E-state index contributed by atoms with van der Waals surface area (Å²) >= 11 is 3.53. The van der Waals surface area contributed by atoms with Crippen LogP contribution in [0.3, 0.4) is 0 Å². The average molecular weight is 270 g/mol. The van der Waals surface area contributed by atoms with Gasteiger partial charge in [-0.25, -0.2) is 0 Å². The van der Waals surface area contributed by atoms with Gasteiger partial charge in [0.2, 0.25) is 0 Å². The van der Waals surface area contributed by atoms with Crippen LogP contribution < -0.4 is 10.5 Å². The van der Waals surface area contributed by atoms with E-state index in [9.17, 15) is 0 Å². The molecule has 1 aliphatic heterocycles. The summed E-state index contributed by atoms with van der Waals surface area (Å²) in [5.74, 6) is 1.47. The zero-order valence-electron chi connectivity index (χ0n) is 9.09. The van der Waals surface area contributed by atoms with E-state index in [-0.39, 0.29) is 6.04 Å². The standard InChI is InChI=1S/C12H16BrNO/c1-7(2)9-5-8(13)6-10-11(14)3-4-15-12(9)10/h5-7,11H,3-4,14H2,1-2H3/t11-/m1/s1. The van der Waals surface area contributed by atoms with E-state index < -0.39 is 0 Å². The van der Waals surface area contributed by atoms with Gasteiger partial charge < -0.3 is 10.5 Å². The number of hydrogen-bond acceptors (Lipinski definition) is 2. The van der Waals surface area contributed by atoms with Gasteiger partial charge in [-0.1, -0.05) is 29.8 Å². The van der Waals surface area contributed by atoms with Gasteiger partial charge in [0.05, 0.1) is 6.61 Å². The summed E-state index contributed by atoms with van der Waals surface area (Å²) in [6, 6.07) is 4.32. The van der Waals surface area contributed by atoms with Gasteiger partial charge in [-0.3, -0.25) is 0 Å². The molecule has 0 aliphatic carbocycles. The molecular formula is C12H16BrNO. The maximum Gasteiger partial charge on any atom is 0.127 e. The molecule has 82 valence electrons. The fraction of sp³-hybridized carbons (Fsp3) is 0.500. The van der Waals surface area contributed by atoms with Crippen molar-refractivity contribution in [3.8, 4) is 5.75 Å². The number of benzene rings is 1. The van der Waals surface area contributed by atoms with Crippen LogP contribution in [-0.4, -0.2) is 6.61 Å². The molecule has 0 spiro atoms. The van der Waals surface area contributed by atoms with Crippen molar-refractivity contribution in [3.63, 3.8) is 0 Å². The first kappa shape index (κ1) is 11.0. The smallest absolute Gasteiger partial charge is 0.127 e. The largest absolute Gasteiger partial charge is 0.493 e. The Morgan fingerprint density at radius 3 is 2.87 bits per heavy atom. The lowest BCUT2D eigenvalue weighted by atomic mass is 9.93. The third kappa shape index (κ3) is 2.04. The molecule has 0 fully saturated rings. The molecule has 0 aromatic heterocycles. The van der Waals surface area contributed by atoms with Crippen LogP contribution in [0, 0.1) is 0 Å². The topological polar surface area (TPSA) is 35.2 Å². The van der Waals surface area contributed by atoms with Crippen molar-refractivity contribution in [1.29, 1.82) is 0 Å². The molecule has 0 saturated carbocycles. The van der Waals surface area contributed by atoms with Crippen LogP contribution in [0.15, 0.2) is 16.6 Å². The van der Waals surface area contributed by atoms with E-state index in [0.29, 0.717) is 5.92 Å². The highest BCUT2D eigenvalue weighted by Gasteiger charge is 2.22. The molecule has 1 atom stereocenters. The summed E-state index contributed by atoms with van der Waals surface area (Å²) in [4.78, 5) is 0. The van der Waals surface area contributed by atoms with Crippen molar-refractivity contribution in [2.75, 3.05) is 6.61 Å². The first-order valence-electron chi connectivity index (χ1n) is 5.31. The Morgan fingerprint density at radius 2 is 2.20 bits per heavy atom. The van der Waals surface area contributed by atoms with Gasteiger partial charge >= 0.3 is 0 Å². The van der Waals surface area contributed by atoms with Gasteiger partial charge in [-0.05, 0) is 23.6 Å². The number of hydrogen-bond donors (Lipinski definition) is 1. The molecule has 15 heavy (non-hydrogen) atoms. The highest BCUT2D eigenvalue weighted by Crippen LogP contribution is 2.39. The van der Waals surface area contributed by atoms with Gasteiger partial charge in [0.25, 0.3) is 0 Å². The Balaban J connectivity index is 2.57. The van der Waals surface area contributed by atoms with Crippen LogP contribution >= 0.6 is 15.9 Å². The molecule has 2 N–H and O–H groups in total. The molecule has 1 aliphatic rings. The summed E-state index contributed by atoms with van der Waals surface area (Å²) in [5, 5.41) is 0. The number of fused-ring (bicyclic) bond motifs is 1. The summed E-state index contributed by atoms with van der Waals surface area (Å²) in [6.45, 7) is 5.08. The molecule has 3 heteroatoms. The Morgan fingerprint density at radius 1 is 1.47 bits per heavy atom. The predicted octanol–water partition coefficient (Wildman–Crippen LogP) is 3.35. The minimum absolute atomic E-state index is 0.115. The van der Waals surface area contributed by atoms with Gasteiger partial charge in [-0.15, -0.1) is 0 Å². The highest BCUT2D eigenvalue weighted by atomic mass is 79.9. The second-order valence-electron chi connectivity index (χ2n) is 4.31. The summed E-state index contributed by atoms with van der Waals surface area (Å²) in [7, 11) is 0. The Labute approximate surface area is 98.9 Å². The maximum atomic E-state index is 6.08. The van der Waals surface area contributed by atoms with E-state index in [2.05, 4.69) is 41.9 Å². The van der Waals surface area contributed by atoms with Crippen molar-refractivity contribution in [1.82, 2.24) is 0 Å². The molecule has 1 heterocycles. The number of ether oxygens (including phenoxy) is 1. The fourth-order valence-electron chi connectivity index (χ4n) is 1.95. The van der Waals surface area contributed by atoms with Crippen molar-refractivity contribution in [3.05, 3.63) is 27.7 Å². The lowest BCUT2D eigenvalue weighted by molar-refractivity contribution is 0.265. The molecule has 0 saturated heterocycles. The number of rotatable bonds is 1. The first-order chi connectivity index (χ1) is 7.09. The molecule has 1 aromatic carbocycles. The van der Waals surface area contributed by atoms with Crippen molar-refractivity contribution in [2.24, 2.45) is 5.73 Å². The quantitative estimate of drug-likeness (QED) is 0.849. The third-order valence-corrected chi connectivity index (χ3v) is 3.27. The monoisotopic (exact) mass is 269 g/mol. The predicted molar refractivity (Wildman–Crippen MR) is 65.3 cm³/mol. The van der Waals surface area contributed by atoms with Gasteiger partial charge in [-0.2, -0.15) is 0 Å². The zero-order valence-corrected chi connectivity index (χ0v) is 10.7. The van der Waals surface area contributed by atoms with Crippen LogP contribution in [0.1, 0.15) is 43.4 Å². The van der Waals surface area contributed by atoms with Crippen LogP contribution in [0.5, 0.6) is 5.75 Å². The number of nitrogens with two attached hydrogens (primary N) is 1. The van der Waals surface area contributed by atoms with Crippen molar-refractivity contribution >= 4 is 15.9 Å². The molecule has 0 unspecified atom stereocenters. The maximum absolute atomic E-state index is 6.08. The first-order valence-corrected chi connectivity index (χ1v) is 6.10. The summed E-state index contributed by atoms with van der Waals surface area (Å²) in [5.41, 5.74) is 8.47. The molecule has 1 aromatic rings. The molecule has 0 bridgehead atoms. The average Bonchev–Trinajstić information content (AvgIpc) is 2.18. The van der Waals surface area contributed by atoms with Gasteiger partial charge in [0.15, 0.2) is 0 Å². The van der Waals surface area contributed by atoms with E-state index in [1.54, 1.807) is 0 Å². The highest BCUT2D eigenvalue weighted by molar-refractivity contribution is 9.10. The van der Waals surface area contributed by atoms with Crippen LogP contribution in [0.2, 0.25) is 0 Å². The molecule has 2 nitrogen and oxygen atoms in total. The van der Waals surface area contributed by atoms with Crippen LogP contribution in [0.25, 0.3) is 0 Å².